The van der Waals surface area contributed by atoms with Crippen LogP contribution in [0.4, 0.5) is 17.6 Å². The van der Waals surface area contributed by atoms with Gasteiger partial charge in [0, 0.05) is 0 Å². The van der Waals surface area contributed by atoms with Gasteiger partial charge in [-0.1, -0.05) is 11.6 Å². The molecule has 0 heterocycles. The van der Waals surface area contributed by atoms with Crippen molar-refractivity contribution in [1.82, 2.24) is 0 Å². The second kappa shape index (κ2) is 7.75. The molecule has 1 atom stereocenters. The van der Waals surface area contributed by atoms with Crippen LogP contribution in [0.25, 0.3) is 0 Å². The van der Waals surface area contributed by atoms with Crippen molar-refractivity contribution < 1.29 is 17.6 Å². The van der Waals surface area contributed by atoms with Crippen LogP contribution in [-0.2, 0) is 0 Å². The fourth-order valence-corrected chi connectivity index (χ4v) is 0. The quantitative estimate of drug-likeness (QED) is 0.413. The first-order valence-corrected chi connectivity index (χ1v) is 2.28. The van der Waals surface area contributed by atoms with E-state index < -0.39 is 18.4 Å². The molecule has 0 aromatic carbocycles. The minimum Gasteiger partial charge on any atom is -0.247 e. The molecule has 0 nitrogen and oxygen atoms in total. The van der Waals surface area contributed by atoms with E-state index in [1.807, 2.05) is 0 Å². The molecule has 56 valence electrons. The molecule has 0 aromatic rings. The summed E-state index contributed by atoms with van der Waals surface area (Å²) in [6.07, 6.45) is -1.83. The smallest absolute Gasteiger partial charge is 0.247 e. The number of alkyl halides is 3. The highest BCUT2D eigenvalue weighted by atomic mass is 35.5. The van der Waals surface area contributed by atoms with Gasteiger partial charge in [0.15, 0.2) is 0 Å². The molecule has 0 bridgehead atoms. The fourth-order valence-electron chi connectivity index (χ4n) is 0. The molecule has 0 radical (unpaired) electrons. The van der Waals surface area contributed by atoms with Crippen molar-refractivity contribution >= 4 is 11.6 Å². The van der Waals surface area contributed by atoms with E-state index in [9.17, 15) is 17.6 Å². The van der Waals surface area contributed by atoms with Crippen molar-refractivity contribution in [2.75, 3.05) is 6.67 Å². The normalized spacial score (nSPS) is 11.2. The zero-order valence-corrected chi connectivity index (χ0v) is 5.14. The molecule has 0 aliphatic rings. The van der Waals surface area contributed by atoms with E-state index >= 15 is 0 Å². The molecule has 0 aromatic heterocycles. The summed E-state index contributed by atoms with van der Waals surface area (Å²) < 4.78 is 41.7. The van der Waals surface area contributed by atoms with Crippen LogP contribution in [-0.4, -0.2) is 12.3 Å². The molecule has 5 heteroatoms. The topological polar surface area (TPSA) is 0 Å². The lowest BCUT2D eigenvalue weighted by Gasteiger charge is -1.80. The molecule has 0 saturated carbocycles. The van der Waals surface area contributed by atoms with Crippen molar-refractivity contribution in [2.24, 2.45) is 0 Å². The maximum absolute atomic E-state index is 10.8. The Kier molecular flexibility index (Phi) is 9.93. The average molecular weight is 165 g/mol. The van der Waals surface area contributed by atoms with Gasteiger partial charge in [-0.25, -0.2) is 8.78 Å². The highest BCUT2D eigenvalue weighted by molar-refractivity contribution is 6.19. The minimum atomic E-state index is -1.83. The lowest BCUT2D eigenvalue weighted by atomic mass is 10.9. The predicted octanol–water partition coefficient (Wildman–Crippen LogP) is 2.89. The molecule has 0 rings (SSSR count). The predicted molar refractivity (Wildman–Crippen MR) is 28.1 cm³/mol. The first kappa shape index (κ1) is 11.5. The third kappa shape index (κ3) is 83.7. The zero-order valence-electron chi connectivity index (χ0n) is 4.38. The number of rotatable bonds is 1. The van der Waals surface area contributed by atoms with Gasteiger partial charge >= 0.3 is 0 Å². The fraction of sp³-hybridized carbons (Fsp3) is 0.500. The minimum absolute atomic E-state index is 1.10. The first-order valence-electron chi connectivity index (χ1n) is 1.84. The molecular formula is C4H5ClF4. The Balaban J connectivity index is 0. The van der Waals surface area contributed by atoms with Gasteiger partial charge in [0.2, 0.25) is 5.63 Å². The summed E-state index contributed by atoms with van der Waals surface area (Å²) >= 11 is 4.42. The molecule has 0 amide bonds. The first-order chi connectivity index (χ1) is 4.00. The Morgan fingerprint density at radius 2 is 1.67 bits per heavy atom. The molecule has 0 N–H and O–H groups in total. The van der Waals surface area contributed by atoms with Gasteiger partial charge in [-0.05, 0) is 6.58 Å². The van der Waals surface area contributed by atoms with E-state index in [-0.39, 0.29) is 0 Å². The number of halogens is 5. The van der Waals surface area contributed by atoms with E-state index in [1.165, 1.54) is 0 Å². The van der Waals surface area contributed by atoms with Crippen LogP contribution >= 0.6 is 11.6 Å². The molecule has 0 saturated heterocycles. The molecule has 1 unspecified atom stereocenters. The third-order valence-electron chi connectivity index (χ3n) is 0.117. The van der Waals surface area contributed by atoms with Gasteiger partial charge in [0.1, 0.15) is 6.67 Å². The summed E-state index contributed by atoms with van der Waals surface area (Å²) in [5, 5.41) is 0. The van der Waals surface area contributed by atoms with Crippen molar-refractivity contribution in [3.63, 3.8) is 0 Å². The van der Waals surface area contributed by atoms with E-state index in [2.05, 4.69) is 18.2 Å². The largest absolute Gasteiger partial charge is 0.263 e. The second-order valence-electron chi connectivity index (χ2n) is 0.884. The number of hydrogen-bond acceptors (Lipinski definition) is 0. The summed E-state index contributed by atoms with van der Waals surface area (Å²) in [5.74, 6) is 0. The standard InChI is InChI=1S/C2H3ClF2.C2H2F2/c3-2(5)1-4;1-2(3)4/h2H,1H2;1H2. The van der Waals surface area contributed by atoms with E-state index in [1.54, 1.807) is 0 Å². The van der Waals surface area contributed by atoms with E-state index in [0.29, 0.717) is 0 Å². The molecule has 0 spiro atoms. The highest BCUT2D eigenvalue weighted by Gasteiger charge is 1.92. The Bertz CT molecular complexity index is 69.0. The Morgan fingerprint density at radius 1 is 1.56 bits per heavy atom. The molecule has 0 aliphatic carbocycles. The van der Waals surface area contributed by atoms with Crippen LogP contribution < -0.4 is 0 Å². The van der Waals surface area contributed by atoms with Crippen molar-refractivity contribution in [1.29, 1.82) is 0 Å². The van der Waals surface area contributed by atoms with Gasteiger partial charge in [-0.2, -0.15) is 8.78 Å². The summed E-state index contributed by atoms with van der Waals surface area (Å²) in [5.41, 5.74) is -1.81. The summed E-state index contributed by atoms with van der Waals surface area (Å²) in [4.78, 5) is 0. The maximum atomic E-state index is 10.8. The van der Waals surface area contributed by atoms with Crippen molar-refractivity contribution in [3.05, 3.63) is 12.7 Å². The van der Waals surface area contributed by atoms with E-state index in [0.717, 1.165) is 0 Å². The Labute approximate surface area is 55.1 Å². The van der Waals surface area contributed by atoms with Gasteiger partial charge in [0.25, 0.3) is 6.08 Å². The molecular weight excluding hydrogens is 159 g/mol. The third-order valence-corrected chi connectivity index (χ3v) is 0.233. The van der Waals surface area contributed by atoms with Gasteiger partial charge in [0.05, 0.1) is 0 Å². The second-order valence-corrected chi connectivity index (χ2v) is 1.36. The van der Waals surface area contributed by atoms with Gasteiger partial charge in [-0.15, -0.1) is 0 Å². The lowest BCUT2D eigenvalue weighted by Crippen LogP contribution is -1.86. The maximum Gasteiger partial charge on any atom is 0.263 e. The molecule has 9 heavy (non-hydrogen) atoms. The van der Waals surface area contributed by atoms with Gasteiger partial charge < -0.3 is 0 Å². The van der Waals surface area contributed by atoms with Crippen LogP contribution in [0.2, 0.25) is 0 Å². The Hall–Kier alpha value is -0.250. The monoisotopic (exact) mass is 164 g/mol. The van der Waals surface area contributed by atoms with E-state index in [4.69, 9.17) is 0 Å². The van der Waals surface area contributed by atoms with Crippen LogP contribution in [0.15, 0.2) is 12.7 Å². The summed E-state index contributed by atoms with van der Waals surface area (Å²) in [7, 11) is 0. The number of hydrogen-bond donors (Lipinski definition) is 0. The van der Waals surface area contributed by atoms with Crippen LogP contribution in [0.1, 0.15) is 0 Å². The van der Waals surface area contributed by atoms with Crippen LogP contribution in [0.5, 0.6) is 0 Å². The summed E-state index contributed by atoms with van der Waals surface area (Å²) in [6, 6.07) is 0. The van der Waals surface area contributed by atoms with Crippen molar-refractivity contribution in [2.45, 2.75) is 5.63 Å². The SMILES string of the molecule is C=C(F)F.FCC(F)Cl. The van der Waals surface area contributed by atoms with Gasteiger partial charge in [-0.3, -0.25) is 0 Å². The zero-order chi connectivity index (χ0) is 7.86. The molecule has 0 fully saturated rings. The molecule has 0 aliphatic heterocycles. The van der Waals surface area contributed by atoms with Crippen molar-refractivity contribution in [3.8, 4) is 0 Å². The highest BCUT2D eigenvalue weighted by Crippen LogP contribution is 1.94. The lowest BCUT2D eigenvalue weighted by molar-refractivity contribution is 0.342. The average Bonchev–Trinajstić information content (AvgIpc) is 1.65. The summed E-state index contributed by atoms with van der Waals surface area (Å²) in [6.45, 7) is 1.13. The Morgan fingerprint density at radius 3 is 1.67 bits per heavy atom. The van der Waals surface area contributed by atoms with Crippen LogP contribution in [0, 0.1) is 0 Å². The van der Waals surface area contributed by atoms with Crippen LogP contribution in [0.3, 0.4) is 0 Å².